The van der Waals surface area contributed by atoms with Crippen LogP contribution in [0.25, 0.3) is 22.6 Å². The van der Waals surface area contributed by atoms with Gasteiger partial charge in [0.05, 0.1) is 30.4 Å². The van der Waals surface area contributed by atoms with Crippen LogP contribution in [-0.4, -0.2) is 107 Å². The highest BCUT2D eigenvalue weighted by Gasteiger charge is 2.69. The summed E-state index contributed by atoms with van der Waals surface area (Å²) in [6.45, 7) is 3.87. The zero-order valence-electron chi connectivity index (χ0n) is 21.3. The van der Waals surface area contributed by atoms with Gasteiger partial charge >= 0.3 is 0 Å². The first-order valence-electron chi connectivity index (χ1n) is 13.1. The molecule has 1 aromatic carbocycles. The second-order valence-corrected chi connectivity index (χ2v) is 10.5. The van der Waals surface area contributed by atoms with Gasteiger partial charge in [0.1, 0.15) is 41.3 Å². The molecule has 4 aliphatic heterocycles. The fourth-order valence-corrected chi connectivity index (χ4v) is 5.31. The SMILES string of the molecule is O=C(NCCCN1CCOCC1)c1cc(=O)cc2oc3cc(O[C@@]45N[C@H]4C(O)[C@@H](O)C(CO)O5)c(Cl)cc3nc1-2. The van der Waals surface area contributed by atoms with Crippen molar-refractivity contribution in [2.45, 2.75) is 36.7 Å². The van der Waals surface area contributed by atoms with Crippen LogP contribution >= 0.6 is 11.6 Å². The summed E-state index contributed by atoms with van der Waals surface area (Å²) in [6.07, 6.45) is -2.86. The molecular weight excluding hydrogens is 548 g/mol. The standard InChI is InChI=1S/C26H29ClN4O9/c27-15-10-16-18(11-17(15)39-26-24(30-26)23(35)22(34)20(12-32)40-26)38-19-9-13(33)8-14(21(19)29-16)25(36)28-2-1-3-31-4-6-37-7-5-31/h8-11,20,22-24,30,32,34-35H,1-7,12H2,(H,28,36)/t20?,22-,23?,24-,26-/m0/s1. The number of benzene rings is 2. The normalized spacial score (nSPS) is 28.4. The first-order chi connectivity index (χ1) is 19.3. The smallest absolute Gasteiger partial charge is 0.290 e. The summed E-state index contributed by atoms with van der Waals surface area (Å²) in [6, 6.07) is 4.66. The molecule has 0 aromatic heterocycles. The van der Waals surface area contributed by atoms with E-state index in [4.69, 9.17) is 30.2 Å². The van der Waals surface area contributed by atoms with Crippen LogP contribution in [0.3, 0.4) is 0 Å². The lowest BCUT2D eigenvalue weighted by Gasteiger charge is -2.34. The monoisotopic (exact) mass is 576 g/mol. The van der Waals surface area contributed by atoms with Gasteiger partial charge in [0.2, 0.25) is 0 Å². The van der Waals surface area contributed by atoms with Gasteiger partial charge in [-0.15, -0.1) is 0 Å². The number of ether oxygens (including phenoxy) is 3. The number of carbonyl (C=O) groups excluding carboxylic acids is 1. The van der Waals surface area contributed by atoms with E-state index in [-0.39, 0.29) is 33.4 Å². The number of carbonyl (C=O) groups is 1. The summed E-state index contributed by atoms with van der Waals surface area (Å²) in [7, 11) is 0. The highest BCUT2D eigenvalue weighted by Crippen LogP contribution is 2.43. The molecule has 1 amide bonds. The van der Waals surface area contributed by atoms with Crippen LogP contribution in [0.5, 0.6) is 5.75 Å². The Labute approximate surface area is 232 Å². The Kier molecular flexibility index (Phi) is 7.39. The van der Waals surface area contributed by atoms with Crippen LogP contribution in [0.4, 0.5) is 0 Å². The summed E-state index contributed by atoms with van der Waals surface area (Å²) in [4.78, 5) is 32.2. The lowest BCUT2D eigenvalue weighted by molar-refractivity contribution is -0.232. The van der Waals surface area contributed by atoms with Gasteiger partial charge in [0.15, 0.2) is 16.8 Å². The Morgan fingerprint density at radius 1 is 1.23 bits per heavy atom. The Hall–Kier alpha value is -2.88. The van der Waals surface area contributed by atoms with Crippen LogP contribution in [-0.2, 0) is 9.47 Å². The summed E-state index contributed by atoms with van der Waals surface area (Å²) < 4.78 is 22.9. The van der Waals surface area contributed by atoms with Crippen molar-refractivity contribution in [1.82, 2.24) is 20.5 Å². The van der Waals surface area contributed by atoms with E-state index in [2.05, 4.69) is 20.5 Å². The van der Waals surface area contributed by atoms with E-state index in [0.717, 1.165) is 26.1 Å². The molecule has 0 saturated carbocycles. The minimum absolute atomic E-state index is 0.0954. The number of fused-ring (bicyclic) bond motifs is 3. The summed E-state index contributed by atoms with van der Waals surface area (Å²) in [5.74, 6) is -1.70. The lowest BCUT2D eigenvalue weighted by atomic mass is 10.0. The summed E-state index contributed by atoms with van der Waals surface area (Å²) in [5.41, 5.74) is 0.430. The minimum Gasteiger partial charge on any atom is -0.453 e. The first kappa shape index (κ1) is 27.3. The molecule has 1 aliphatic carbocycles. The molecule has 4 heterocycles. The van der Waals surface area contributed by atoms with Crippen LogP contribution < -0.4 is 20.8 Å². The zero-order chi connectivity index (χ0) is 28.0. The molecular formula is C26H29ClN4O9. The number of amides is 1. The molecule has 2 unspecified atom stereocenters. The summed E-state index contributed by atoms with van der Waals surface area (Å²) in [5, 5.41) is 35.7. The molecule has 5 N–H and O–H groups in total. The van der Waals surface area contributed by atoms with E-state index in [1.54, 1.807) is 0 Å². The fraction of sp³-hybridized carbons (Fsp3) is 0.500. The van der Waals surface area contributed by atoms with Crippen molar-refractivity contribution >= 4 is 28.6 Å². The number of nitrogens with one attached hydrogen (secondary N) is 2. The average molecular weight is 577 g/mol. The Morgan fingerprint density at radius 3 is 2.80 bits per heavy atom. The fourth-order valence-electron chi connectivity index (χ4n) is 5.11. The molecule has 5 aliphatic rings. The number of morpholine rings is 1. The van der Waals surface area contributed by atoms with Gasteiger partial charge < -0.3 is 39.3 Å². The number of rotatable bonds is 8. The van der Waals surface area contributed by atoms with Gasteiger partial charge in [0.25, 0.3) is 11.8 Å². The number of hydrogen-bond donors (Lipinski definition) is 5. The second-order valence-electron chi connectivity index (χ2n) is 10.1. The second kappa shape index (κ2) is 10.8. The molecule has 40 heavy (non-hydrogen) atoms. The quantitative estimate of drug-likeness (QED) is 0.132. The highest BCUT2D eigenvalue weighted by atomic mass is 35.5. The number of aromatic nitrogens is 1. The predicted octanol–water partition coefficient (Wildman–Crippen LogP) is -0.484. The van der Waals surface area contributed by atoms with Gasteiger partial charge in [-0.1, -0.05) is 11.6 Å². The molecule has 14 heteroatoms. The van der Waals surface area contributed by atoms with Crippen molar-refractivity contribution in [3.05, 3.63) is 45.1 Å². The third-order valence-electron chi connectivity index (χ3n) is 7.32. The van der Waals surface area contributed by atoms with Crippen LogP contribution in [0.15, 0.2) is 33.5 Å². The van der Waals surface area contributed by atoms with E-state index in [1.807, 2.05) is 0 Å². The first-order valence-corrected chi connectivity index (χ1v) is 13.4. The van der Waals surface area contributed by atoms with Gasteiger partial charge in [-0.3, -0.25) is 14.5 Å². The van der Waals surface area contributed by atoms with Gasteiger partial charge in [0, 0.05) is 37.8 Å². The molecule has 3 fully saturated rings. The molecule has 0 bridgehead atoms. The highest BCUT2D eigenvalue weighted by molar-refractivity contribution is 6.32. The Bertz CT molecular complexity index is 1450. The zero-order valence-corrected chi connectivity index (χ0v) is 22.1. The van der Waals surface area contributed by atoms with Crippen LogP contribution in [0, 0.1) is 0 Å². The van der Waals surface area contributed by atoms with Gasteiger partial charge in [-0.2, -0.15) is 0 Å². The molecule has 1 aromatic rings. The largest absolute Gasteiger partial charge is 0.453 e. The molecule has 0 spiro atoms. The maximum absolute atomic E-state index is 13.0. The molecule has 5 atom stereocenters. The number of halogens is 1. The maximum Gasteiger partial charge on any atom is 0.290 e. The van der Waals surface area contributed by atoms with E-state index >= 15 is 0 Å². The Morgan fingerprint density at radius 2 is 2.02 bits per heavy atom. The van der Waals surface area contributed by atoms with E-state index in [0.29, 0.717) is 25.3 Å². The number of hydrogen-bond acceptors (Lipinski definition) is 12. The van der Waals surface area contributed by atoms with Crippen molar-refractivity contribution in [3.8, 4) is 17.2 Å². The maximum atomic E-state index is 13.0. The number of nitrogens with zero attached hydrogens (tertiary/aromatic N) is 2. The number of aliphatic hydroxyl groups is 3. The van der Waals surface area contributed by atoms with Crippen molar-refractivity contribution in [3.63, 3.8) is 0 Å². The average Bonchev–Trinajstić information content (AvgIpc) is 3.67. The Balaban J connectivity index is 1.22. The van der Waals surface area contributed by atoms with Crippen LogP contribution in [0.1, 0.15) is 16.8 Å². The van der Waals surface area contributed by atoms with Crippen molar-refractivity contribution < 1.29 is 38.7 Å². The molecule has 214 valence electrons. The van der Waals surface area contributed by atoms with E-state index in [1.165, 1.54) is 24.3 Å². The number of aliphatic hydroxyl groups excluding tert-OH is 3. The van der Waals surface area contributed by atoms with Gasteiger partial charge in [-0.05, 0) is 19.0 Å². The molecule has 6 rings (SSSR count). The topological polar surface area (TPSA) is 186 Å². The molecule has 3 saturated heterocycles. The van der Waals surface area contributed by atoms with E-state index in [9.17, 15) is 24.9 Å². The van der Waals surface area contributed by atoms with Crippen molar-refractivity contribution in [1.29, 1.82) is 0 Å². The van der Waals surface area contributed by atoms with Crippen molar-refractivity contribution in [2.24, 2.45) is 0 Å². The van der Waals surface area contributed by atoms with Gasteiger partial charge in [-0.25, -0.2) is 10.3 Å². The predicted molar refractivity (Wildman–Crippen MR) is 140 cm³/mol. The van der Waals surface area contributed by atoms with Crippen LogP contribution in [0.2, 0.25) is 5.02 Å². The van der Waals surface area contributed by atoms with E-state index < -0.39 is 48.2 Å². The third kappa shape index (κ3) is 5.15. The minimum atomic E-state index is -1.50. The molecule has 0 radical (unpaired) electrons. The lowest BCUT2D eigenvalue weighted by Crippen LogP contribution is -2.54. The van der Waals surface area contributed by atoms with Crippen molar-refractivity contribution in [2.75, 3.05) is 46.0 Å². The molecule has 13 nitrogen and oxygen atoms in total. The third-order valence-corrected chi connectivity index (χ3v) is 7.62. The summed E-state index contributed by atoms with van der Waals surface area (Å²) >= 11 is 6.47.